The molecule has 7 nitrogen and oxygen atoms in total. The van der Waals surface area contributed by atoms with Crippen LogP contribution < -0.4 is 9.62 Å². The van der Waals surface area contributed by atoms with E-state index in [-0.39, 0.29) is 12.5 Å². The first-order valence-electron chi connectivity index (χ1n) is 9.98. The summed E-state index contributed by atoms with van der Waals surface area (Å²) in [4.78, 5) is 12.6. The Balaban J connectivity index is 1.74. The van der Waals surface area contributed by atoms with Crippen LogP contribution in [0.4, 0.5) is 10.8 Å². The third kappa shape index (κ3) is 6.30. The first-order valence-corrected chi connectivity index (χ1v) is 13.5. The lowest BCUT2D eigenvalue weighted by atomic mass is 10.1. The highest BCUT2D eigenvalue weighted by Crippen LogP contribution is 2.29. The number of rotatable bonds is 8. The SMILES string of the molecule is Cc1ccc(C)c(N(Cc2ccc(C(=O)Nc3nnc(SC(C)C)s3)cc2)S(C)(=O)=O)c1. The van der Waals surface area contributed by atoms with Crippen molar-refractivity contribution in [2.24, 2.45) is 0 Å². The number of carbonyl (C=O) groups excluding carboxylic acids is 1. The number of benzene rings is 2. The fraction of sp³-hybridized carbons (Fsp3) is 0.318. The third-order valence-corrected chi connectivity index (χ3v) is 7.59. The van der Waals surface area contributed by atoms with Crippen molar-refractivity contribution in [2.75, 3.05) is 15.9 Å². The first-order chi connectivity index (χ1) is 15.0. The number of aromatic nitrogens is 2. The predicted molar refractivity (Wildman–Crippen MR) is 132 cm³/mol. The molecule has 3 aromatic rings. The van der Waals surface area contributed by atoms with Crippen LogP contribution in [0.1, 0.15) is 40.9 Å². The van der Waals surface area contributed by atoms with Gasteiger partial charge < -0.3 is 0 Å². The highest BCUT2D eigenvalue weighted by molar-refractivity contribution is 8.01. The molecule has 0 aliphatic carbocycles. The minimum atomic E-state index is -3.49. The van der Waals surface area contributed by atoms with E-state index in [1.807, 2.05) is 32.0 Å². The summed E-state index contributed by atoms with van der Waals surface area (Å²) in [7, 11) is -3.49. The number of carbonyl (C=O) groups is 1. The topological polar surface area (TPSA) is 92.3 Å². The molecule has 10 heteroatoms. The van der Waals surface area contributed by atoms with E-state index in [9.17, 15) is 13.2 Å². The van der Waals surface area contributed by atoms with E-state index < -0.39 is 10.0 Å². The fourth-order valence-electron chi connectivity index (χ4n) is 2.98. The van der Waals surface area contributed by atoms with Gasteiger partial charge >= 0.3 is 0 Å². The van der Waals surface area contributed by atoms with Crippen LogP contribution in [0.3, 0.4) is 0 Å². The second-order valence-corrected chi connectivity index (χ2v) is 12.5. The minimum Gasteiger partial charge on any atom is -0.296 e. The van der Waals surface area contributed by atoms with Gasteiger partial charge in [0.1, 0.15) is 0 Å². The van der Waals surface area contributed by atoms with Crippen LogP contribution in [-0.4, -0.2) is 36.0 Å². The lowest BCUT2D eigenvalue weighted by molar-refractivity contribution is 0.102. The molecular formula is C22H26N4O3S3. The molecule has 0 spiro atoms. The van der Waals surface area contributed by atoms with Crippen molar-refractivity contribution < 1.29 is 13.2 Å². The third-order valence-electron chi connectivity index (χ3n) is 4.54. The van der Waals surface area contributed by atoms with E-state index in [1.54, 1.807) is 36.0 Å². The number of anilines is 2. The Labute approximate surface area is 197 Å². The number of nitrogens with one attached hydrogen (secondary N) is 1. The van der Waals surface area contributed by atoms with E-state index >= 15 is 0 Å². The Kier molecular flexibility index (Phi) is 7.58. The zero-order valence-corrected chi connectivity index (χ0v) is 21.1. The Bertz CT molecular complexity index is 1210. The van der Waals surface area contributed by atoms with Crippen LogP contribution in [0.25, 0.3) is 0 Å². The van der Waals surface area contributed by atoms with Crippen molar-refractivity contribution >= 4 is 49.8 Å². The number of nitrogens with zero attached hydrogens (tertiary/aromatic N) is 3. The molecule has 1 amide bonds. The molecule has 0 saturated heterocycles. The van der Waals surface area contributed by atoms with Gasteiger partial charge in [-0.3, -0.25) is 14.4 Å². The summed E-state index contributed by atoms with van der Waals surface area (Å²) in [6, 6.07) is 12.6. The van der Waals surface area contributed by atoms with Gasteiger partial charge in [-0.15, -0.1) is 10.2 Å². The van der Waals surface area contributed by atoms with E-state index in [2.05, 4.69) is 29.4 Å². The van der Waals surface area contributed by atoms with Crippen molar-refractivity contribution in [3.05, 3.63) is 64.7 Å². The van der Waals surface area contributed by atoms with Gasteiger partial charge in [-0.05, 0) is 48.7 Å². The summed E-state index contributed by atoms with van der Waals surface area (Å²) in [5, 5.41) is 11.7. The van der Waals surface area contributed by atoms with Crippen molar-refractivity contribution in [2.45, 2.75) is 43.8 Å². The maximum Gasteiger partial charge on any atom is 0.257 e. The summed E-state index contributed by atoms with van der Waals surface area (Å²) in [5.41, 5.74) is 3.75. The molecule has 3 rings (SSSR count). The molecule has 0 bridgehead atoms. The van der Waals surface area contributed by atoms with E-state index in [4.69, 9.17) is 0 Å². The van der Waals surface area contributed by atoms with Gasteiger partial charge in [0.05, 0.1) is 18.5 Å². The Morgan fingerprint density at radius 2 is 1.81 bits per heavy atom. The lowest BCUT2D eigenvalue weighted by Crippen LogP contribution is -2.30. The molecule has 0 aliphatic rings. The van der Waals surface area contributed by atoms with Crippen molar-refractivity contribution in [1.29, 1.82) is 0 Å². The van der Waals surface area contributed by atoms with Crippen LogP contribution in [0.2, 0.25) is 0 Å². The normalized spacial score (nSPS) is 11.6. The maximum absolute atomic E-state index is 12.6. The van der Waals surface area contributed by atoms with Gasteiger partial charge in [0.2, 0.25) is 15.2 Å². The number of thioether (sulfide) groups is 1. The molecule has 1 heterocycles. The second kappa shape index (κ2) is 10.0. The van der Waals surface area contributed by atoms with Crippen LogP contribution in [-0.2, 0) is 16.6 Å². The van der Waals surface area contributed by atoms with Crippen LogP contribution in [0.5, 0.6) is 0 Å². The quantitative estimate of drug-likeness (QED) is 0.358. The Morgan fingerprint density at radius 3 is 2.44 bits per heavy atom. The number of aryl methyl sites for hydroxylation is 2. The van der Waals surface area contributed by atoms with Gasteiger partial charge in [-0.25, -0.2) is 8.42 Å². The molecule has 0 saturated carbocycles. The van der Waals surface area contributed by atoms with Crippen LogP contribution in [0.15, 0.2) is 46.8 Å². The van der Waals surface area contributed by atoms with Crippen molar-refractivity contribution in [3.8, 4) is 0 Å². The largest absolute Gasteiger partial charge is 0.296 e. The zero-order valence-electron chi connectivity index (χ0n) is 18.6. The highest BCUT2D eigenvalue weighted by Gasteiger charge is 2.20. The summed E-state index contributed by atoms with van der Waals surface area (Å²) in [6.45, 7) is 8.13. The van der Waals surface area contributed by atoms with Gasteiger partial charge in [-0.2, -0.15) is 0 Å². The average molecular weight is 491 g/mol. The molecule has 1 aromatic heterocycles. The summed E-state index contributed by atoms with van der Waals surface area (Å²) in [6.07, 6.45) is 1.20. The van der Waals surface area contributed by atoms with Gasteiger partial charge in [0.25, 0.3) is 5.91 Å². The van der Waals surface area contributed by atoms with Gasteiger partial charge in [0, 0.05) is 10.8 Å². The predicted octanol–water partition coefficient (Wildman–Crippen LogP) is 4.87. The maximum atomic E-state index is 12.6. The number of hydrogen-bond acceptors (Lipinski definition) is 7. The smallest absolute Gasteiger partial charge is 0.257 e. The van der Waals surface area contributed by atoms with Crippen molar-refractivity contribution in [1.82, 2.24) is 10.2 Å². The first kappa shape index (κ1) is 24.2. The van der Waals surface area contributed by atoms with Gasteiger partial charge in [0.15, 0.2) is 4.34 Å². The van der Waals surface area contributed by atoms with Crippen LogP contribution in [0, 0.1) is 13.8 Å². The number of hydrogen-bond donors (Lipinski definition) is 1. The summed E-state index contributed by atoms with van der Waals surface area (Å²) >= 11 is 2.93. The summed E-state index contributed by atoms with van der Waals surface area (Å²) < 4.78 is 27.2. The molecule has 0 atom stereocenters. The molecule has 32 heavy (non-hydrogen) atoms. The highest BCUT2D eigenvalue weighted by atomic mass is 32.2. The molecular weight excluding hydrogens is 464 g/mol. The van der Waals surface area contributed by atoms with E-state index in [1.165, 1.54) is 21.9 Å². The minimum absolute atomic E-state index is 0.178. The monoisotopic (exact) mass is 490 g/mol. The lowest BCUT2D eigenvalue weighted by Gasteiger charge is -2.25. The standard InChI is InChI=1S/C22H26N4O3S3/c1-14(2)30-22-25-24-21(31-22)23-20(27)18-10-8-17(9-11-18)13-26(32(5,28)29)19-12-15(3)6-7-16(19)4/h6-12,14H,13H2,1-5H3,(H,23,24,27). The second-order valence-electron chi connectivity index (χ2n) is 7.75. The van der Waals surface area contributed by atoms with E-state index in [0.29, 0.717) is 21.6 Å². The molecule has 1 N–H and O–H groups in total. The number of sulfonamides is 1. The molecule has 0 radical (unpaired) electrons. The van der Waals surface area contributed by atoms with Gasteiger partial charge in [-0.1, -0.05) is 61.2 Å². The van der Waals surface area contributed by atoms with Crippen molar-refractivity contribution in [3.63, 3.8) is 0 Å². The summed E-state index contributed by atoms with van der Waals surface area (Å²) in [5.74, 6) is -0.289. The fourth-order valence-corrected chi connectivity index (χ4v) is 5.88. The van der Waals surface area contributed by atoms with Crippen LogP contribution >= 0.6 is 23.1 Å². The zero-order chi connectivity index (χ0) is 23.5. The molecule has 170 valence electrons. The average Bonchev–Trinajstić information content (AvgIpc) is 3.13. The van der Waals surface area contributed by atoms with E-state index in [0.717, 1.165) is 21.0 Å². The molecule has 0 fully saturated rings. The molecule has 0 unspecified atom stereocenters. The Morgan fingerprint density at radius 1 is 1.12 bits per heavy atom. The molecule has 0 aliphatic heterocycles. The Hall–Kier alpha value is -2.43. The molecule has 2 aromatic carbocycles. The number of amides is 1.